The Morgan fingerprint density at radius 1 is 0.840 bits per heavy atom. The van der Waals surface area contributed by atoms with Crippen molar-refractivity contribution < 1.29 is 10.2 Å². The van der Waals surface area contributed by atoms with Gasteiger partial charge in [-0.2, -0.15) is 0 Å². The Morgan fingerprint density at radius 3 is 2.52 bits per heavy atom. The average molecular weight is 349 g/mol. The number of phenols is 2. The van der Waals surface area contributed by atoms with E-state index in [1.54, 1.807) is 30.3 Å². The third-order valence-electron chi connectivity index (χ3n) is 4.67. The maximum Gasteiger partial charge on any atom is 0.124 e. The van der Waals surface area contributed by atoms with Gasteiger partial charge < -0.3 is 20.2 Å². The Hall–Kier alpha value is -3.11. The first-order valence-electron chi connectivity index (χ1n) is 7.85. The molecule has 0 fully saturated rings. The lowest BCUT2D eigenvalue weighted by atomic mass is 9.97. The molecule has 5 aromatic rings. The summed E-state index contributed by atoms with van der Waals surface area (Å²) in [5, 5.41) is 24.7. The van der Waals surface area contributed by atoms with E-state index in [0.29, 0.717) is 10.6 Å². The van der Waals surface area contributed by atoms with Crippen molar-refractivity contribution in [2.75, 3.05) is 0 Å². The topological polar surface area (TPSA) is 72.0 Å². The number of fused-ring (bicyclic) bond motifs is 5. The molecule has 2 aromatic heterocycles. The first-order valence-corrected chi connectivity index (χ1v) is 8.23. The van der Waals surface area contributed by atoms with Crippen molar-refractivity contribution >= 4 is 44.2 Å². The highest BCUT2D eigenvalue weighted by molar-refractivity contribution is 6.34. The third kappa shape index (κ3) is 1.95. The summed E-state index contributed by atoms with van der Waals surface area (Å²) in [5.41, 5.74) is 3.32. The molecule has 0 bridgehead atoms. The summed E-state index contributed by atoms with van der Waals surface area (Å²) in [6.07, 6.45) is 3.82. The number of aromatic amines is 2. The molecule has 0 aliphatic rings. The van der Waals surface area contributed by atoms with Crippen LogP contribution in [0, 0.1) is 0 Å². The molecule has 4 N–H and O–H groups in total. The van der Waals surface area contributed by atoms with Gasteiger partial charge in [-0.05, 0) is 42.0 Å². The van der Waals surface area contributed by atoms with Gasteiger partial charge in [-0.1, -0.05) is 17.7 Å². The minimum atomic E-state index is 0.142. The highest BCUT2D eigenvalue weighted by atomic mass is 35.5. The van der Waals surface area contributed by atoms with Gasteiger partial charge in [0.1, 0.15) is 11.5 Å². The van der Waals surface area contributed by atoms with Crippen LogP contribution in [0.1, 0.15) is 0 Å². The molecule has 0 atom stereocenters. The molecule has 2 heterocycles. The molecular weight excluding hydrogens is 336 g/mol. The van der Waals surface area contributed by atoms with E-state index in [-0.39, 0.29) is 11.5 Å². The molecule has 0 aliphatic heterocycles. The van der Waals surface area contributed by atoms with Crippen LogP contribution in [0.3, 0.4) is 0 Å². The van der Waals surface area contributed by atoms with Gasteiger partial charge >= 0.3 is 0 Å². The normalized spacial score (nSPS) is 11.7. The summed E-state index contributed by atoms with van der Waals surface area (Å²) in [7, 11) is 0. The molecule has 3 aromatic carbocycles. The largest absolute Gasteiger partial charge is 0.508 e. The predicted molar refractivity (Wildman–Crippen MR) is 101 cm³/mol. The van der Waals surface area contributed by atoms with Crippen molar-refractivity contribution in [3.05, 3.63) is 59.9 Å². The smallest absolute Gasteiger partial charge is 0.124 e. The molecule has 122 valence electrons. The Bertz CT molecular complexity index is 1260. The van der Waals surface area contributed by atoms with E-state index >= 15 is 0 Å². The van der Waals surface area contributed by atoms with Crippen molar-refractivity contribution in [1.82, 2.24) is 9.97 Å². The highest BCUT2D eigenvalue weighted by Crippen LogP contribution is 2.43. The van der Waals surface area contributed by atoms with Crippen LogP contribution in [0.5, 0.6) is 11.5 Å². The molecule has 5 rings (SSSR count). The molecule has 0 amide bonds. The van der Waals surface area contributed by atoms with Gasteiger partial charge in [0.2, 0.25) is 0 Å². The highest BCUT2D eigenvalue weighted by Gasteiger charge is 2.17. The summed E-state index contributed by atoms with van der Waals surface area (Å²) < 4.78 is 0. The Labute approximate surface area is 147 Å². The summed E-state index contributed by atoms with van der Waals surface area (Å²) in [5.74, 6) is 0.369. The predicted octanol–water partition coefficient (Wildman–Crippen LogP) is 5.53. The Morgan fingerprint density at radius 2 is 1.68 bits per heavy atom. The van der Waals surface area contributed by atoms with Crippen LogP contribution in [0.25, 0.3) is 43.7 Å². The molecule has 25 heavy (non-hydrogen) atoms. The van der Waals surface area contributed by atoms with Gasteiger partial charge in [0.15, 0.2) is 0 Å². The van der Waals surface area contributed by atoms with Gasteiger partial charge in [0.25, 0.3) is 0 Å². The van der Waals surface area contributed by atoms with Crippen molar-refractivity contribution in [3.8, 4) is 22.6 Å². The van der Waals surface area contributed by atoms with Crippen molar-refractivity contribution in [3.63, 3.8) is 0 Å². The second kappa shape index (κ2) is 4.94. The SMILES string of the molecule is Oc1ccc2[nH]c3cc(-c4c(O)cccc4Cl)c4c[nH]cc4c3c2c1. The lowest BCUT2D eigenvalue weighted by Crippen LogP contribution is -1.83. The van der Waals surface area contributed by atoms with E-state index in [0.717, 1.165) is 38.1 Å². The fourth-order valence-corrected chi connectivity index (χ4v) is 3.87. The van der Waals surface area contributed by atoms with Gasteiger partial charge in [-0.3, -0.25) is 0 Å². The van der Waals surface area contributed by atoms with Crippen LogP contribution in [-0.4, -0.2) is 20.2 Å². The van der Waals surface area contributed by atoms with E-state index < -0.39 is 0 Å². The summed E-state index contributed by atoms with van der Waals surface area (Å²) >= 11 is 6.37. The zero-order valence-electron chi connectivity index (χ0n) is 13.0. The minimum absolute atomic E-state index is 0.142. The Balaban J connectivity index is 1.99. The van der Waals surface area contributed by atoms with Gasteiger partial charge in [-0.25, -0.2) is 0 Å². The number of halogens is 1. The molecule has 0 saturated carbocycles. The number of rotatable bonds is 1. The summed E-state index contributed by atoms with van der Waals surface area (Å²) in [4.78, 5) is 6.53. The molecule has 0 saturated heterocycles. The van der Waals surface area contributed by atoms with Crippen LogP contribution in [0.2, 0.25) is 5.02 Å². The van der Waals surface area contributed by atoms with Gasteiger partial charge in [0.05, 0.1) is 5.02 Å². The van der Waals surface area contributed by atoms with Crippen LogP contribution in [-0.2, 0) is 0 Å². The van der Waals surface area contributed by atoms with E-state index in [1.165, 1.54) is 0 Å². The number of benzene rings is 3. The lowest BCUT2D eigenvalue weighted by molar-refractivity contribution is 0.476. The van der Waals surface area contributed by atoms with Gasteiger partial charge in [-0.15, -0.1) is 0 Å². The maximum atomic E-state index is 10.4. The molecule has 0 aliphatic carbocycles. The first kappa shape index (κ1) is 14.3. The van der Waals surface area contributed by atoms with E-state index in [1.807, 2.05) is 24.5 Å². The van der Waals surface area contributed by atoms with E-state index in [9.17, 15) is 10.2 Å². The Kier molecular flexibility index (Phi) is 2.82. The van der Waals surface area contributed by atoms with Crippen molar-refractivity contribution in [2.24, 2.45) is 0 Å². The van der Waals surface area contributed by atoms with Crippen LogP contribution >= 0.6 is 11.6 Å². The second-order valence-corrected chi connectivity index (χ2v) is 6.53. The van der Waals surface area contributed by atoms with Crippen LogP contribution in [0.4, 0.5) is 0 Å². The standard InChI is InChI=1S/C20H13ClN2O2/c21-15-2-1-3-18(25)20(15)11-7-17-19(14-9-22-8-13(11)14)12-6-10(24)4-5-16(12)23-17/h1-9,22-25H. The molecule has 5 heteroatoms. The minimum Gasteiger partial charge on any atom is -0.508 e. The van der Waals surface area contributed by atoms with Crippen LogP contribution in [0.15, 0.2) is 54.9 Å². The maximum absolute atomic E-state index is 10.4. The number of aromatic hydroxyl groups is 2. The fraction of sp³-hybridized carbons (Fsp3) is 0. The average Bonchev–Trinajstić information content (AvgIpc) is 3.18. The number of hydrogen-bond donors (Lipinski definition) is 4. The monoisotopic (exact) mass is 348 g/mol. The number of aromatic nitrogens is 2. The lowest BCUT2D eigenvalue weighted by Gasteiger charge is -2.09. The number of nitrogens with one attached hydrogen (secondary N) is 2. The van der Waals surface area contributed by atoms with Gasteiger partial charge in [0, 0.05) is 50.5 Å². The molecule has 0 spiro atoms. The number of phenolic OH excluding ortho intramolecular Hbond substituents is 2. The number of hydrogen-bond acceptors (Lipinski definition) is 2. The quantitative estimate of drug-likeness (QED) is 0.321. The number of H-pyrrole nitrogens is 2. The fourth-order valence-electron chi connectivity index (χ4n) is 3.60. The second-order valence-electron chi connectivity index (χ2n) is 6.12. The first-order chi connectivity index (χ1) is 12.1. The van der Waals surface area contributed by atoms with E-state index in [4.69, 9.17) is 11.6 Å². The molecular formula is C20H13ClN2O2. The van der Waals surface area contributed by atoms with Crippen LogP contribution < -0.4 is 0 Å². The zero-order chi connectivity index (χ0) is 17.1. The summed E-state index contributed by atoms with van der Waals surface area (Å²) in [6.45, 7) is 0. The molecule has 0 unspecified atom stereocenters. The summed E-state index contributed by atoms with van der Waals surface area (Å²) in [6, 6.07) is 12.4. The van der Waals surface area contributed by atoms with Crippen molar-refractivity contribution in [2.45, 2.75) is 0 Å². The van der Waals surface area contributed by atoms with Crippen molar-refractivity contribution in [1.29, 1.82) is 0 Å². The molecule has 4 nitrogen and oxygen atoms in total. The third-order valence-corrected chi connectivity index (χ3v) is 4.98. The van der Waals surface area contributed by atoms with E-state index in [2.05, 4.69) is 9.97 Å². The molecule has 0 radical (unpaired) electrons. The zero-order valence-corrected chi connectivity index (χ0v) is 13.7.